The highest BCUT2D eigenvalue weighted by atomic mass is 19.4. The van der Waals surface area contributed by atoms with Gasteiger partial charge in [0.2, 0.25) is 0 Å². The van der Waals surface area contributed by atoms with E-state index in [1.54, 1.807) is 0 Å². The van der Waals surface area contributed by atoms with Crippen LogP contribution in [0.25, 0.3) is 0 Å². The zero-order chi connectivity index (χ0) is 18.4. The van der Waals surface area contributed by atoms with Crippen molar-refractivity contribution in [3.8, 4) is 0 Å². The van der Waals surface area contributed by atoms with Crippen LogP contribution in [0.2, 0.25) is 0 Å². The predicted molar refractivity (Wildman–Crippen MR) is 46.7 cm³/mol. The van der Waals surface area contributed by atoms with E-state index >= 15 is 0 Å². The summed E-state index contributed by atoms with van der Waals surface area (Å²) in [6, 6.07) is 0. The van der Waals surface area contributed by atoms with Gasteiger partial charge in [-0.3, -0.25) is 0 Å². The van der Waals surface area contributed by atoms with Crippen molar-refractivity contribution in [2.24, 2.45) is 0 Å². The van der Waals surface area contributed by atoms with Crippen molar-refractivity contribution < 1.29 is 57.8 Å². The van der Waals surface area contributed by atoms with Gasteiger partial charge in [0.05, 0.1) is 0 Å². The molecule has 0 aromatic rings. The fraction of sp³-hybridized carbons (Fsp3) is 0.778. The zero-order valence-electron chi connectivity index (χ0n) is 9.97. The van der Waals surface area contributed by atoms with Gasteiger partial charge in [0.1, 0.15) is 0 Å². The Morgan fingerprint density at radius 1 is 0.682 bits per heavy atom. The standard InChI is InChI=1S/C9H6F12O/c1-2-3-4(22,6(11,12)9(19,20)21)5(10,7(13,14)15)8(16,17)18/h2,22H,1,3H2. The quantitative estimate of drug-likeness (QED) is 0.586. The van der Waals surface area contributed by atoms with Crippen LogP contribution in [-0.2, 0) is 0 Å². The molecule has 132 valence electrons. The first-order chi connectivity index (χ1) is 9.31. The largest absolute Gasteiger partial charge is 0.456 e. The minimum absolute atomic E-state index is 0.328. The van der Waals surface area contributed by atoms with Crippen LogP contribution < -0.4 is 0 Å². The lowest BCUT2D eigenvalue weighted by atomic mass is 9.75. The van der Waals surface area contributed by atoms with E-state index in [-0.39, 0.29) is 6.08 Å². The van der Waals surface area contributed by atoms with Crippen LogP contribution in [0.15, 0.2) is 12.7 Å². The molecule has 13 heteroatoms. The molecule has 0 aliphatic carbocycles. The molecule has 1 atom stereocenters. The Balaban J connectivity index is 6.75. The van der Waals surface area contributed by atoms with E-state index in [2.05, 4.69) is 6.58 Å². The number of hydrogen-bond donors (Lipinski definition) is 1. The van der Waals surface area contributed by atoms with E-state index in [0.717, 1.165) is 0 Å². The molecule has 0 spiro atoms. The van der Waals surface area contributed by atoms with E-state index in [4.69, 9.17) is 5.11 Å². The van der Waals surface area contributed by atoms with Crippen LogP contribution in [0.1, 0.15) is 6.42 Å². The third kappa shape index (κ3) is 2.63. The monoisotopic (exact) mass is 358 g/mol. The highest BCUT2D eigenvalue weighted by molar-refractivity contribution is 5.19. The van der Waals surface area contributed by atoms with Crippen molar-refractivity contribution in [3.05, 3.63) is 12.7 Å². The Bertz CT molecular complexity index is 402. The highest BCUT2D eigenvalue weighted by Gasteiger charge is 2.90. The normalized spacial score (nSPS) is 18.0. The van der Waals surface area contributed by atoms with Crippen LogP contribution in [-0.4, -0.2) is 40.8 Å². The Labute approximate surface area is 114 Å². The summed E-state index contributed by atoms with van der Waals surface area (Å²) in [5, 5.41) is 8.91. The summed E-state index contributed by atoms with van der Waals surface area (Å²) >= 11 is 0. The lowest BCUT2D eigenvalue weighted by molar-refractivity contribution is -0.442. The Morgan fingerprint density at radius 3 is 1.18 bits per heavy atom. The van der Waals surface area contributed by atoms with Gasteiger partial charge in [-0.05, 0) is 0 Å². The van der Waals surface area contributed by atoms with Gasteiger partial charge in [0.25, 0.3) is 0 Å². The number of halogens is 12. The van der Waals surface area contributed by atoms with Crippen LogP contribution in [0.5, 0.6) is 0 Å². The third-order valence-corrected chi connectivity index (χ3v) is 2.67. The van der Waals surface area contributed by atoms with Crippen LogP contribution in [0.3, 0.4) is 0 Å². The molecular weight excluding hydrogens is 352 g/mol. The number of hydrogen-bond acceptors (Lipinski definition) is 1. The Morgan fingerprint density at radius 2 is 1.00 bits per heavy atom. The second-order valence-corrected chi connectivity index (χ2v) is 4.08. The molecule has 0 saturated carbocycles. The van der Waals surface area contributed by atoms with E-state index in [0.29, 0.717) is 0 Å². The minimum Gasteiger partial charge on any atom is -0.379 e. The first-order valence-corrected chi connectivity index (χ1v) is 4.91. The van der Waals surface area contributed by atoms with Crippen LogP contribution in [0.4, 0.5) is 52.7 Å². The molecule has 0 saturated heterocycles. The van der Waals surface area contributed by atoms with Crippen molar-refractivity contribution in [1.29, 1.82) is 0 Å². The molecule has 0 aromatic carbocycles. The average Bonchev–Trinajstić information content (AvgIpc) is 2.22. The summed E-state index contributed by atoms with van der Waals surface area (Å²) in [4.78, 5) is 0. The van der Waals surface area contributed by atoms with Crippen molar-refractivity contribution in [1.82, 2.24) is 0 Å². The summed E-state index contributed by atoms with van der Waals surface area (Å²) < 4.78 is 150. The van der Waals surface area contributed by atoms with Gasteiger partial charge in [0.15, 0.2) is 5.60 Å². The summed E-state index contributed by atoms with van der Waals surface area (Å²) in [7, 11) is 0. The lowest BCUT2D eigenvalue weighted by Gasteiger charge is -2.46. The van der Waals surface area contributed by atoms with E-state index in [1.165, 1.54) is 0 Å². The molecule has 1 unspecified atom stereocenters. The summed E-state index contributed by atoms with van der Waals surface area (Å²) in [5.41, 5.74) is -13.5. The number of aliphatic hydroxyl groups is 1. The topological polar surface area (TPSA) is 20.2 Å². The molecule has 0 bridgehead atoms. The van der Waals surface area contributed by atoms with Gasteiger partial charge in [-0.15, -0.1) is 6.58 Å². The smallest absolute Gasteiger partial charge is 0.379 e. The molecule has 1 nitrogen and oxygen atoms in total. The van der Waals surface area contributed by atoms with Gasteiger partial charge in [0, 0.05) is 6.42 Å². The Hall–Kier alpha value is -1.14. The first-order valence-electron chi connectivity index (χ1n) is 4.91. The zero-order valence-corrected chi connectivity index (χ0v) is 9.97. The fourth-order valence-electron chi connectivity index (χ4n) is 1.56. The molecule has 0 heterocycles. The molecule has 0 fully saturated rings. The third-order valence-electron chi connectivity index (χ3n) is 2.67. The van der Waals surface area contributed by atoms with Crippen LogP contribution in [0, 0.1) is 0 Å². The second-order valence-electron chi connectivity index (χ2n) is 4.08. The molecule has 22 heavy (non-hydrogen) atoms. The van der Waals surface area contributed by atoms with Gasteiger partial charge in [-0.2, -0.15) is 48.3 Å². The van der Waals surface area contributed by atoms with Gasteiger partial charge in [-0.1, -0.05) is 6.08 Å². The van der Waals surface area contributed by atoms with E-state index in [1.807, 2.05) is 0 Å². The summed E-state index contributed by atoms with van der Waals surface area (Å²) in [6.07, 6.45) is -24.8. The number of alkyl halides is 12. The van der Waals surface area contributed by atoms with Crippen molar-refractivity contribution >= 4 is 0 Å². The van der Waals surface area contributed by atoms with E-state index in [9.17, 15) is 52.7 Å². The molecule has 0 rings (SSSR count). The summed E-state index contributed by atoms with van der Waals surface area (Å²) in [5.74, 6) is -7.09. The molecule has 0 aliphatic rings. The SMILES string of the molecule is C=CCC(O)(C(F)(F)C(F)(F)F)C(F)(C(F)(F)F)C(F)(F)F. The van der Waals surface area contributed by atoms with Gasteiger partial charge in [-0.25, -0.2) is 4.39 Å². The predicted octanol–water partition coefficient (Wildman–Crippen LogP) is 4.32. The molecule has 0 amide bonds. The number of rotatable bonds is 4. The minimum atomic E-state index is -7.32. The fourth-order valence-corrected chi connectivity index (χ4v) is 1.56. The maximum Gasteiger partial charge on any atom is 0.456 e. The van der Waals surface area contributed by atoms with Crippen molar-refractivity contribution in [2.75, 3.05) is 0 Å². The molecule has 0 aliphatic heterocycles. The maximum absolute atomic E-state index is 13.5. The van der Waals surface area contributed by atoms with Gasteiger partial charge < -0.3 is 5.11 Å². The second kappa shape index (κ2) is 5.20. The molecule has 0 aromatic heterocycles. The van der Waals surface area contributed by atoms with Crippen molar-refractivity contribution in [3.63, 3.8) is 0 Å². The molecule has 1 N–H and O–H groups in total. The lowest BCUT2D eigenvalue weighted by Crippen LogP contribution is -2.76. The Kier molecular flexibility index (Phi) is 4.93. The molecular formula is C9H6F12O. The van der Waals surface area contributed by atoms with Crippen LogP contribution >= 0.6 is 0 Å². The van der Waals surface area contributed by atoms with Crippen molar-refractivity contribution in [2.45, 2.75) is 42.1 Å². The molecule has 0 radical (unpaired) electrons. The summed E-state index contributed by atoms with van der Waals surface area (Å²) in [6.45, 7) is 2.36. The average molecular weight is 358 g/mol. The first kappa shape index (κ1) is 20.9. The maximum atomic E-state index is 13.5. The van der Waals surface area contributed by atoms with Gasteiger partial charge >= 0.3 is 30.1 Å². The highest BCUT2D eigenvalue weighted by Crippen LogP contribution is 2.60. The van der Waals surface area contributed by atoms with E-state index < -0.39 is 42.1 Å².